The van der Waals surface area contributed by atoms with E-state index in [0.717, 1.165) is 12.8 Å². The number of unbranched alkanes of at least 4 members (excludes halogenated alkanes) is 1. The Balaban J connectivity index is 2.31. The predicted octanol–water partition coefficient (Wildman–Crippen LogP) is 2.15. The minimum absolute atomic E-state index is 0.233. The maximum absolute atomic E-state index is 13.1. The van der Waals surface area contributed by atoms with Crippen molar-refractivity contribution in [3.63, 3.8) is 0 Å². The van der Waals surface area contributed by atoms with Crippen LogP contribution in [0.2, 0.25) is 0 Å². The van der Waals surface area contributed by atoms with Gasteiger partial charge < -0.3 is 15.8 Å². The van der Waals surface area contributed by atoms with Crippen molar-refractivity contribution in [2.75, 3.05) is 13.7 Å². The Kier molecular flexibility index (Phi) is 5.95. The van der Waals surface area contributed by atoms with Crippen molar-refractivity contribution in [2.24, 2.45) is 5.73 Å². The standard InChI is InChI=1S/C15H23FN2O2/c1-11-10-12(6-7-13(11)16)20-9-5-4-8-15(2,18-3)14(17)19/h6-7,10,18H,4-5,8-9H2,1-3H3,(H2,17,19). The minimum atomic E-state index is -0.674. The van der Waals surface area contributed by atoms with Gasteiger partial charge in [-0.2, -0.15) is 0 Å². The third-order valence-electron chi connectivity index (χ3n) is 3.56. The van der Waals surface area contributed by atoms with Crippen LogP contribution in [0.3, 0.4) is 0 Å². The molecule has 20 heavy (non-hydrogen) atoms. The van der Waals surface area contributed by atoms with Crippen LogP contribution in [0.5, 0.6) is 5.75 Å². The highest BCUT2D eigenvalue weighted by Gasteiger charge is 2.27. The van der Waals surface area contributed by atoms with Crippen LogP contribution < -0.4 is 15.8 Å². The highest BCUT2D eigenvalue weighted by molar-refractivity contribution is 5.84. The topological polar surface area (TPSA) is 64.3 Å². The molecule has 0 aliphatic carbocycles. The van der Waals surface area contributed by atoms with Crippen molar-refractivity contribution in [1.29, 1.82) is 0 Å². The number of hydrogen-bond donors (Lipinski definition) is 2. The molecule has 1 amide bonds. The summed E-state index contributed by atoms with van der Waals surface area (Å²) in [6.07, 6.45) is 2.28. The summed E-state index contributed by atoms with van der Waals surface area (Å²) in [6, 6.07) is 4.69. The van der Waals surface area contributed by atoms with Crippen LogP contribution in [-0.2, 0) is 4.79 Å². The minimum Gasteiger partial charge on any atom is -0.494 e. The summed E-state index contributed by atoms with van der Waals surface area (Å²) in [5.74, 6) is 0.0776. The fourth-order valence-corrected chi connectivity index (χ4v) is 1.85. The lowest BCUT2D eigenvalue weighted by atomic mass is 9.94. The van der Waals surface area contributed by atoms with E-state index in [9.17, 15) is 9.18 Å². The van der Waals surface area contributed by atoms with Gasteiger partial charge in [0.1, 0.15) is 11.6 Å². The number of ether oxygens (including phenoxy) is 1. The van der Waals surface area contributed by atoms with E-state index in [2.05, 4.69) is 5.32 Å². The van der Waals surface area contributed by atoms with Crippen LogP contribution in [0.15, 0.2) is 18.2 Å². The fourth-order valence-electron chi connectivity index (χ4n) is 1.85. The van der Waals surface area contributed by atoms with Gasteiger partial charge in [-0.15, -0.1) is 0 Å². The molecule has 0 saturated heterocycles. The number of carbonyl (C=O) groups is 1. The van der Waals surface area contributed by atoms with Gasteiger partial charge in [-0.25, -0.2) is 4.39 Å². The second-order valence-corrected chi connectivity index (χ2v) is 5.16. The third kappa shape index (κ3) is 4.49. The summed E-state index contributed by atoms with van der Waals surface area (Å²) in [7, 11) is 1.72. The van der Waals surface area contributed by atoms with E-state index in [4.69, 9.17) is 10.5 Å². The largest absolute Gasteiger partial charge is 0.494 e. The quantitative estimate of drug-likeness (QED) is 0.718. The highest BCUT2D eigenvalue weighted by Crippen LogP contribution is 2.17. The molecule has 0 aliphatic rings. The van der Waals surface area contributed by atoms with Crippen LogP contribution in [0, 0.1) is 12.7 Å². The van der Waals surface area contributed by atoms with E-state index >= 15 is 0 Å². The van der Waals surface area contributed by atoms with Crippen LogP contribution in [0.4, 0.5) is 4.39 Å². The molecule has 0 aromatic heterocycles. The summed E-state index contributed by atoms with van der Waals surface area (Å²) in [6.45, 7) is 4.02. The fraction of sp³-hybridized carbons (Fsp3) is 0.533. The number of likely N-dealkylation sites (N-methyl/N-ethyl adjacent to an activating group) is 1. The van der Waals surface area contributed by atoms with Crippen molar-refractivity contribution in [3.8, 4) is 5.75 Å². The Bertz CT molecular complexity index is 465. The van der Waals surface area contributed by atoms with E-state index in [0.29, 0.717) is 24.3 Å². The number of carbonyl (C=O) groups excluding carboxylic acids is 1. The van der Waals surface area contributed by atoms with Crippen LogP contribution in [-0.4, -0.2) is 25.1 Å². The molecule has 0 aliphatic heterocycles. The van der Waals surface area contributed by atoms with Gasteiger partial charge in [0.15, 0.2) is 0 Å². The number of halogens is 1. The molecule has 1 unspecified atom stereocenters. The lowest BCUT2D eigenvalue weighted by molar-refractivity contribution is -0.123. The van der Waals surface area contributed by atoms with Crippen LogP contribution in [0.1, 0.15) is 31.7 Å². The number of rotatable bonds is 8. The van der Waals surface area contributed by atoms with E-state index in [-0.39, 0.29) is 11.7 Å². The number of nitrogens with one attached hydrogen (secondary N) is 1. The molecule has 1 aromatic rings. The average molecular weight is 282 g/mol. The maximum Gasteiger partial charge on any atom is 0.237 e. The second kappa shape index (κ2) is 7.24. The van der Waals surface area contributed by atoms with Gasteiger partial charge in [0.05, 0.1) is 12.1 Å². The summed E-state index contributed by atoms with van der Waals surface area (Å²) in [5, 5.41) is 2.94. The van der Waals surface area contributed by atoms with E-state index in [1.54, 1.807) is 33.0 Å². The molecular weight excluding hydrogens is 259 g/mol. The number of primary amides is 1. The summed E-state index contributed by atoms with van der Waals surface area (Å²) < 4.78 is 18.6. The number of aryl methyl sites for hydroxylation is 1. The monoisotopic (exact) mass is 282 g/mol. The molecule has 112 valence electrons. The number of nitrogens with two attached hydrogens (primary N) is 1. The summed E-state index contributed by atoms with van der Waals surface area (Å²) in [5.41, 5.74) is 5.24. The zero-order chi connectivity index (χ0) is 15.2. The van der Waals surface area contributed by atoms with Gasteiger partial charge in [-0.3, -0.25) is 4.79 Å². The Labute approximate surface area is 119 Å². The predicted molar refractivity (Wildman–Crippen MR) is 77.1 cm³/mol. The molecular formula is C15H23FN2O2. The number of hydrogen-bond acceptors (Lipinski definition) is 3. The Morgan fingerprint density at radius 2 is 2.15 bits per heavy atom. The first-order valence-electron chi connectivity index (χ1n) is 6.77. The molecule has 3 N–H and O–H groups in total. The normalized spacial score (nSPS) is 13.8. The molecule has 1 rings (SSSR count). The molecule has 0 spiro atoms. The smallest absolute Gasteiger partial charge is 0.237 e. The summed E-state index contributed by atoms with van der Waals surface area (Å²) >= 11 is 0. The van der Waals surface area contributed by atoms with Gasteiger partial charge in [0.2, 0.25) is 5.91 Å². The zero-order valence-corrected chi connectivity index (χ0v) is 12.3. The molecule has 0 heterocycles. The summed E-state index contributed by atoms with van der Waals surface area (Å²) in [4.78, 5) is 11.3. The zero-order valence-electron chi connectivity index (χ0n) is 12.3. The SMILES string of the molecule is CNC(C)(CCCCOc1ccc(F)c(C)c1)C(N)=O. The third-order valence-corrected chi connectivity index (χ3v) is 3.56. The first-order chi connectivity index (χ1) is 9.39. The maximum atomic E-state index is 13.1. The van der Waals surface area contributed by atoms with E-state index < -0.39 is 5.54 Å². The highest BCUT2D eigenvalue weighted by atomic mass is 19.1. The number of benzene rings is 1. The van der Waals surface area contributed by atoms with E-state index in [1.807, 2.05) is 0 Å². The molecule has 4 nitrogen and oxygen atoms in total. The first-order valence-corrected chi connectivity index (χ1v) is 6.77. The van der Waals surface area contributed by atoms with Crippen molar-refractivity contribution in [1.82, 2.24) is 5.32 Å². The van der Waals surface area contributed by atoms with Crippen molar-refractivity contribution in [2.45, 2.75) is 38.6 Å². The average Bonchev–Trinajstić information content (AvgIpc) is 2.41. The van der Waals surface area contributed by atoms with Crippen molar-refractivity contribution < 1.29 is 13.9 Å². The molecule has 0 bridgehead atoms. The molecule has 1 atom stereocenters. The second-order valence-electron chi connectivity index (χ2n) is 5.16. The van der Waals surface area contributed by atoms with Crippen LogP contribution in [0.25, 0.3) is 0 Å². The molecule has 5 heteroatoms. The van der Waals surface area contributed by atoms with Crippen molar-refractivity contribution in [3.05, 3.63) is 29.6 Å². The number of amides is 1. The van der Waals surface area contributed by atoms with E-state index in [1.165, 1.54) is 6.07 Å². The molecule has 1 aromatic carbocycles. The van der Waals surface area contributed by atoms with Gasteiger partial charge in [-0.1, -0.05) is 0 Å². The molecule has 0 radical (unpaired) electrons. The lowest BCUT2D eigenvalue weighted by Crippen LogP contribution is -2.51. The van der Waals surface area contributed by atoms with Crippen molar-refractivity contribution >= 4 is 5.91 Å². The van der Waals surface area contributed by atoms with Gasteiger partial charge in [0, 0.05) is 0 Å². The first kappa shape index (κ1) is 16.4. The molecule has 0 fully saturated rings. The lowest BCUT2D eigenvalue weighted by Gasteiger charge is -2.25. The Morgan fingerprint density at radius 1 is 1.45 bits per heavy atom. The van der Waals surface area contributed by atoms with Crippen LogP contribution >= 0.6 is 0 Å². The molecule has 0 saturated carbocycles. The Morgan fingerprint density at radius 3 is 2.70 bits per heavy atom. The van der Waals surface area contributed by atoms with Gasteiger partial charge >= 0.3 is 0 Å². The van der Waals surface area contributed by atoms with Gasteiger partial charge in [0.25, 0.3) is 0 Å². The Hall–Kier alpha value is -1.62. The van der Waals surface area contributed by atoms with Gasteiger partial charge in [-0.05, 0) is 63.9 Å².